The highest BCUT2D eigenvalue weighted by Gasteiger charge is 2.07. The lowest BCUT2D eigenvalue weighted by Crippen LogP contribution is -1.97. The van der Waals surface area contributed by atoms with Crippen LogP contribution in [-0.4, -0.2) is 9.97 Å². The van der Waals surface area contributed by atoms with Gasteiger partial charge in [-0.2, -0.15) is 0 Å². The fourth-order valence-corrected chi connectivity index (χ4v) is 2.31. The van der Waals surface area contributed by atoms with Crippen molar-refractivity contribution in [1.82, 2.24) is 9.97 Å². The number of aromatic nitrogens is 2. The molecule has 5 heteroatoms. The second-order valence-electron chi connectivity index (χ2n) is 4.42. The van der Waals surface area contributed by atoms with Gasteiger partial charge in [-0.3, -0.25) is 9.97 Å². The molecule has 0 amide bonds. The zero-order valence-electron chi connectivity index (χ0n) is 10.7. The van der Waals surface area contributed by atoms with Crippen LogP contribution in [0.4, 0.5) is 15.8 Å². The first-order valence-electron chi connectivity index (χ1n) is 6.07. The largest absolute Gasteiger partial charge is 0.353 e. The minimum absolute atomic E-state index is 0.232. The Kier molecular flexibility index (Phi) is 3.36. The fourth-order valence-electron chi connectivity index (χ4n) is 1.99. The van der Waals surface area contributed by atoms with Gasteiger partial charge in [-0.15, -0.1) is 0 Å². The number of nitrogens with one attached hydrogen (secondary N) is 1. The molecule has 3 rings (SSSR count). The molecule has 2 heterocycles. The van der Waals surface area contributed by atoms with E-state index in [4.69, 9.17) is 0 Å². The van der Waals surface area contributed by atoms with E-state index in [-0.39, 0.29) is 5.82 Å². The van der Waals surface area contributed by atoms with Crippen molar-refractivity contribution >= 4 is 38.3 Å². The molecular weight excluding hydrogens is 321 g/mol. The topological polar surface area (TPSA) is 37.8 Å². The number of fused-ring (bicyclic) bond motifs is 1. The van der Waals surface area contributed by atoms with E-state index >= 15 is 0 Å². The summed E-state index contributed by atoms with van der Waals surface area (Å²) in [7, 11) is 0. The summed E-state index contributed by atoms with van der Waals surface area (Å²) in [6, 6.07) is 8.68. The molecule has 0 saturated carbocycles. The van der Waals surface area contributed by atoms with Gasteiger partial charge < -0.3 is 5.32 Å². The number of hydrogen-bond donors (Lipinski definition) is 1. The molecule has 1 N–H and O–H groups in total. The van der Waals surface area contributed by atoms with Gasteiger partial charge in [0.1, 0.15) is 11.3 Å². The van der Waals surface area contributed by atoms with Gasteiger partial charge in [0.25, 0.3) is 0 Å². The molecule has 0 spiro atoms. The molecule has 3 nitrogen and oxygen atoms in total. The summed E-state index contributed by atoms with van der Waals surface area (Å²) in [4.78, 5) is 8.64. The molecule has 20 heavy (non-hydrogen) atoms. The molecule has 3 aromatic rings. The number of anilines is 2. The van der Waals surface area contributed by atoms with Crippen molar-refractivity contribution in [1.29, 1.82) is 0 Å². The van der Waals surface area contributed by atoms with E-state index in [9.17, 15) is 4.39 Å². The molecule has 0 bridgehead atoms. The maximum Gasteiger partial charge on any atom is 0.128 e. The zero-order chi connectivity index (χ0) is 14.1. The van der Waals surface area contributed by atoms with Crippen LogP contribution in [0.2, 0.25) is 0 Å². The van der Waals surface area contributed by atoms with Crippen LogP contribution in [0.25, 0.3) is 11.0 Å². The quantitative estimate of drug-likeness (QED) is 0.746. The third-order valence-electron chi connectivity index (χ3n) is 3.08. The molecule has 0 aliphatic carbocycles. The molecule has 0 unspecified atom stereocenters. The number of benzene rings is 1. The molecule has 0 radical (unpaired) electrons. The SMILES string of the molecule is Cc1c(F)cccc1Nc1ccnc2cc(Br)cnc12. The summed E-state index contributed by atoms with van der Waals surface area (Å²) >= 11 is 3.37. The fraction of sp³-hybridized carbons (Fsp3) is 0.0667. The minimum Gasteiger partial charge on any atom is -0.353 e. The number of halogens is 2. The highest BCUT2D eigenvalue weighted by Crippen LogP contribution is 2.27. The first-order chi connectivity index (χ1) is 9.65. The van der Waals surface area contributed by atoms with Crippen LogP contribution >= 0.6 is 15.9 Å². The highest BCUT2D eigenvalue weighted by atomic mass is 79.9. The summed E-state index contributed by atoms with van der Waals surface area (Å²) in [6.45, 7) is 1.74. The Labute approximate surface area is 124 Å². The summed E-state index contributed by atoms with van der Waals surface area (Å²) in [5, 5.41) is 3.22. The van der Waals surface area contributed by atoms with Crippen molar-refractivity contribution in [2.24, 2.45) is 0 Å². The number of nitrogens with zero attached hydrogens (tertiary/aromatic N) is 2. The molecule has 1 aromatic carbocycles. The summed E-state index contributed by atoms with van der Waals surface area (Å²) in [5.41, 5.74) is 3.63. The number of hydrogen-bond acceptors (Lipinski definition) is 3. The first-order valence-corrected chi connectivity index (χ1v) is 6.87. The van der Waals surface area contributed by atoms with Gasteiger partial charge in [0.05, 0.1) is 11.2 Å². The Morgan fingerprint density at radius 1 is 1.15 bits per heavy atom. The number of rotatable bonds is 2. The van der Waals surface area contributed by atoms with Gasteiger partial charge in [-0.25, -0.2) is 4.39 Å². The molecule has 2 aromatic heterocycles. The average Bonchev–Trinajstić information content (AvgIpc) is 2.44. The monoisotopic (exact) mass is 331 g/mol. The van der Waals surface area contributed by atoms with Crippen molar-refractivity contribution < 1.29 is 4.39 Å². The van der Waals surface area contributed by atoms with Gasteiger partial charge in [0.2, 0.25) is 0 Å². The predicted molar refractivity (Wildman–Crippen MR) is 81.7 cm³/mol. The molecule has 100 valence electrons. The molecule has 0 aliphatic heterocycles. The lowest BCUT2D eigenvalue weighted by molar-refractivity contribution is 0.619. The Hall–Kier alpha value is -2.01. The smallest absolute Gasteiger partial charge is 0.128 e. The van der Waals surface area contributed by atoms with Crippen LogP contribution in [0.1, 0.15) is 5.56 Å². The van der Waals surface area contributed by atoms with Crippen LogP contribution in [0.15, 0.2) is 47.2 Å². The number of pyridine rings is 2. The second kappa shape index (κ2) is 5.17. The van der Waals surface area contributed by atoms with E-state index in [2.05, 4.69) is 31.2 Å². The normalized spacial score (nSPS) is 10.8. The van der Waals surface area contributed by atoms with Crippen LogP contribution < -0.4 is 5.32 Å². The Morgan fingerprint density at radius 2 is 2.00 bits per heavy atom. The van der Waals surface area contributed by atoms with E-state index in [0.29, 0.717) is 5.56 Å². The second-order valence-corrected chi connectivity index (χ2v) is 5.33. The van der Waals surface area contributed by atoms with E-state index < -0.39 is 0 Å². The summed E-state index contributed by atoms with van der Waals surface area (Å²) in [6.07, 6.45) is 3.42. The van der Waals surface area contributed by atoms with Crippen molar-refractivity contribution in [2.75, 3.05) is 5.32 Å². The lowest BCUT2D eigenvalue weighted by atomic mass is 10.2. The van der Waals surface area contributed by atoms with Crippen molar-refractivity contribution in [2.45, 2.75) is 6.92 Å². The molecular formula is C15H11BrFN3. The van der Waals surface area contributed by atoms with Gasteiger partial charge >= 0.3 is 0 Å². The third-order valence-corrected chi connectivity index (χ3v) is 3.51. The maximum absolute atomic E-state index is 13.6. The minimum atomic E-state index is -0.232. The highest BCUT2D eigenvalue weighted by molar-refractivity contribution is 9.10. The Balaban J connectivity index is 2.09. The van der Waals surface area contributed by atoms with Crippen LogP contribution in [0.3, 0.4) is 0 Å². The Bertz CT molecular complexity index is 789. The van der Waals surface area contributed by atoms with Crippen molar-refractivity contribution in [3.05, 3.63) is 58.6 Å². The predicted octanol–water partition coefficient (Wildman–Crippen LogP) is 4.58. The van der Waals surface area contributed by atoms with Crippen LogP contribution in [0.5, 0.6) is 0 Å². The van der Waals surface area contributed by atoms with Gasteiger partial charge in [-0.1, -0.05) is 6.07 Å². The molecule has 0 saturated heterocycles. The molecule has 0 aliphatic rings. The van der Waals surface area contributed by atoms with E-state index in [0.717, 1.165) is 26.9 Å². The first kappa shape index (κ1) is 13.0. The Morgan fingerprint density at radius 3 is 2.85 bits per heavy atom. The van der Waals surface area contributed by atoms with Crippen LogP contribution in [0, 0.1) is 12.7 Å². The van der Waals surface area contributed by atoms with E-state index in [1.807, 2.05) is 18.2 Å². The van der Waals surface area contributed by atoms with Gasteiger partial charge in [0, 0.05) is 28.1 Å². The maximum atomic E-state index is 13.6. The van der Waals surface area contributed by atoms with Crippen molar-refractivity contribution in [3.8, 4) is 0 Å². The van der Waals surface area contributed by atoms with Crippen molar-refractivity contribution in [3.63, 3.8) is 0 Å². The molecule has 0 fully saturated rings. The van der Waals surface area contributed by atoms with Gasteiger partial charge in [-0.05, 0) is 47.1 Å². The standard InChI is InChI=1S/C15H11BrFN3/c1-9-11(17)3-2-4-12(9)20-13-5-6-18-14-7-10(16)8-19-15(13)14/h2-8H,1H3,(H,18,20). The van der Waals surface area contributed by atoms with E-state index in [1.165, 1.54) is 6.07 Å². The zero-order valence-corrected chi connectivity index (χ0v) is 12.3. The van der Waals surface area contributed by atoms with Crippen LogP contribution in [-0.2, 0) is 0 Å². The third kappa shape index (κ3) is 2.36. The summed E-state index contributed by atoms with van der Waals surface area (Å²) < 4.78 is 14.4. The van der Waals surface area contributed by atoms with Gasteiger partial charge in [0.15, 0.2) is 0 Å². The average molecular weight is 332 g/mol. The summed E-state index contributed by atoms with van der Waals surface area (Å²) in [5.74, 6) is -0.232. The lowest BCUT2D eigenvalue weighted by Gasteiger charge is -2.11. The van der Waals surface area contributed by atoms with E-state index in [1.54, 1.807) is 25.4 Å². The molecule has 0 atom stereocenters.